The van der Waals surface area contributed by atoms with Gasteiger partial charge in [-0.2, -0.15) is 0 Å². The fourth-order valence-electron chi connectivity index (χ4n) is 1.57. The minimum Gasteiger partial charge on any atom is -0.497 e. The molecule has 2 N–H and O–H groups in total. The fourth-order valence-corrected chi connectivity index (χ4v) is 2.04. The maximum atomic E-state index is 12.0. The average molecular weight is 355 g/mol. The van der Waals surface area contributed by atoms with Crippen LogP contribution in [0, 0.1) is 0 Å². The van der Waals surface area contributed by atoms with E-state index >= 15 is 0 Å². The molecule has 0 saturated carbocycles. The zero-order chi connectivity index (χ0) is 15.4. The van der Waals surface area contributed by atoms with Crippen molar-refractivity contribution in [2.45, 2.75) is 6.54 Å². The molecule has 0 saturated heterocycles. The molecule has 8 nitrogen and oxygen atoms in total. The number of nitrogens with one attached hydrogen (secondary N) is 1. The van der Waals surface area contributed by atoms with Gasteiger partial charge in [0.1, 0.15) is 12.3 Å². The standard InChI is InChI=1S/C12H11BrN4O4/c1-21-9-3-7(13)2-8(4-9)14-12(20)10-5-17(16-15-10)6-11(18)19/h2-5H,6H2,1H3,(H,14,20)(H,18,19). The third-order valence-electron chi connectivity index (χ3n) is 2.43. The second kappa shape index (κ2) is 6.35. The number of nitrogens with zero attached hydrogens (tertiary/aromatic N) is 3. The van der Waals surface area contributed by atoms with Gasteiger partial charge >= 0.3 is 5.97 Å². The van der Waals surface area contributed by atoms with Crippen molar-refractivity contribution in [3.05, 3.63) is 34.6 Å². The number of amides is 1. The summed E-state index contributed by atoms with van der Waals surface area (Å²) < 4.78 is 6.90. The van der Waals surface area contributed by atoms with Crippen molar-refractivity contribution in [1.82, 2.24) is 15.0 Å². The Hall–Kier alpha value is -2.42. The van der Waals surface area contributed by atoms with Crippen LogP contribution in [-0.4, -0.2) is 39.1 Å². The molecule has 0 bridgehead atoms. The smallest absolute Gasteiger partial charge is 0.325 e. The van der Waals surface area contributed by atoms with Gasteiger partial charge in [0.2, 0.25) is 0 Å². The first-order chi connectivity index (χ1) is 9.97. The maximum Gasteiger partial charge on any atom is 0.325 e. The molecule has 21 heavy (non-hydrogen) atoms. The number of halogens is 1. The molecule has 1 amide bonds. The molecule has 0 spiro atoms. The lowest BCUT2D eigenvalue weighted by atomic mass is 10.3. The summed E-state index contributed by atoms with van der Waals surface area (Å²) >= 11 is 3.30. The van der Waals surface area contributed by atoms with Gasteiger partial charge in [-0.15, -0.1) is 5.10 Å². The molecule has 0 radical (unpaired) electrons. The van der Waals surface area contributed by atoms with E-state index in [0.29, 0.717) is 11.4 Å². The number of methoxy groups -OCH3 is 1. The summed E-state index contributed by atoms with van der Waals surface area (Å²) in [5.41, 5.74) is 0.536. The van der Waals surface area contributed by atoms with Crippen LogP contribution in [0.3, 0.4) is 0 Å². The van der Waals surface area contributed by atoms with Crippen molar-refractivity contribution >= 4 is 33.5 Å². The summed E-state index contributed by atoms with van der Waals surface area (Å²) in [4.78, 5) is 22.5. The number of ether oxygens (including phenoxy) is 1. The molecule has 0 aliphatic rings. The summed E-state index contributed by atoms with van der Waals surface area (Å²) in [6.45, 7) is -0.356. The SMILES string of the molecule is COc1cc(Br)cc(NC(=O)c2cn(CC(=O)O)nn2)c1. The summed E-state index contributed by atoms with van der Waals surface area (Å²) in [7, 11) is 1.52. The zero-order valence-corrected chi connectivity index (χ0v) is 12.5. The highest BCUT2D eigenvalue weighted by Crippen LogP contribution is 2.24. The predicted molar refractivity (Wildman–Crippen MR) is 76.3 cm³/mol. The number of benzene rings is 1. The molecule has 110 valence electrons. The molecule has 0 aliphatic carbocycles. The van der Waals surface area contributed by atoms with Gasteiger partial charge in [-0.25, -0.2) is 4.68 Å². The number of rotatable bonds is 5. The Bertz CT molecular complexity index is 686. The van der Waals surface area contributed by atoms with Gasteiger partial charge < -0.3 is 15.2 Å². The van der Waals surface area contributed by atoms with E-state index < -0.39 is 11.9 Å². The van der Waals surface area contributed by atoms with Crippen molar-refractivity contribution in [2.24, 2.45) is 0 Å². The Morgan fingerprint density at radius 2 is 2.19 bits per heavy atom. The van der Waals surface area contributed by atoms with Crippen LogP contribution in [0.1, 0.15) is 10.5 Å². The number of aliphatic carboxylic acids is 1. The van der Waals surface area contributed by atoms with E-state index in [1.54, 1.807) is 18.2 Å². The van der Waals surface area contributed by atoms with Crippen LogP contribution >= 0.6 is 15.9 Å². The molecule has 1 heterocycles. The van der Waals surface area contributed by atoms with Crippen LogP contribution in [-0.2, 0) is 11.3 Å². The average Bonchev–Trinajstić information content (AvgIpc) is 2.85. The normalized spacial score (nSPS) is 10.2. The predicted octanol–water partition coefficient (Wildman–Crippen LogP) is 1.39. The highest BCUT2D eigenvalue weighted by Gasteiger charge is 2.13. The van der Waals surface area contributed by atoms with Gasteiger partial charge in [-0.05, 0) is 12.1 Å². The minimum absolute atomic E-state index is 0.0233. The molecule has 2 aromatic rings. The molecular weight excluding hydrogens is 344 g/mol. The first-order valence-electron chi connectivity index (χ1n) is 5.76. The lowest BCUT2D eigenvalue weighted by Gasteiger charge is -2.06. The van der Waals surface area contributed by atoms with Crippen LogP contribution in [0.2, 0.25) is 0 Å². The number of carboxylic acids is 1. The van der Waals surface area contributed by atoms with Gasteiger partial charge in [-0.3, -0.25) is 9.59 Å². The van der Waals surface area contributed by atoms with E-state index in [9.17, 15) is 9.59 Å². The Morgan fingerprint density at radius 3 is 2.86 bits per heavy atom. The van der Waals surface area contributed by atoms with Crippen LogP contribution < -0.4 is 10.1 Å². The lowest BCUT2D eigenvalue weighted by molar-refractivity contribution is -0.137. The molecule has 0 aliphatic heterocycles. The summed E-state index contributed by atoms with van der Waals surface area (Å²) in [5, 5.41) is 18.4. The number of carbonyl (C=O) groups is 2. The lowest BCUT2D eigenvalue weighted by Crippen LogP contribution is -2.12. The quantitative estimate of drug-likeness (QED) is 0.840. The fraction of sp³-hybridized carbons (Fsp3) is 0.167. The number of hydrogen-bond acceptors (Lipinski definition) is 5. The van der Waals surface area contributed by atoms with Crippen molar-refractivity contribution in [1.29, 1.82) is 0 Å². The van der Waals surface area contributed by atoms with Crippen LogP contribution in [0.25, 0.3) is 0 Å². The Balaban J connectivity index is 2.12. The maximum absolute atomic E-state index is 12.0. The van der Waals surface area contributed by atoms with Gasteiger partial charge in [0.05, 0.1) is 13.3 Å². The summed E-state index contributed by atoms with van der Waals surface area (Å²) in [6, 6.07) is 5.09. The summed E-state index contributed by atoms with van der Waals surface area (Å²) in [6.07, 6.45) is 1.26. The summed E-state index contributed by atoms with van der Waals surface area (Å²) in [5.74, 6) is -0.982. The molecule has 2 rings (SSSR count). The third-order valence-corrected chi connectivity index (χ3v) is 2.89. The zero-order valence-electron chi connectivity index (χ0n) is 10.9. The van der Waals surface area contributed by atoms with Crippen molar-refractivity contribution in [2.75, 3.05) is 12.4 Å². The highest BCUT2D eigenvalue weighted by atomic mass is 79.9. The number of carbonyl (C=O) groups excluding carboxylic acids is 1. The minimum atomic E-state index is -1.07. The van der Waals surface area contributed by atoms with E-state index in [4.69, 9.17) is 9.84 Å². The number of carboxylic acid groups (broad SMARTS) is 1. The van der Waals surface area contributed by atoms with Crippen molar-refractivity contribution in [3.8, 4) is 5.75 Å². The molecular formula is C12H11BrN4O4. The van der Waals surface area contributed by atoms with Crippen molar-refractivity contribution in [3.63, 3.8) is 0 Å². The van der Waals surface area contributed by atoms with E-state index in [-0.39, 0.29) is 12.2 Å². The van der Waals surface area contributed by atoms with E-state index in [0.717, 1.165) is 9.15 Å². The van der Waals surface area contributed by atoms with Crippen LogP contribution in [0.5, 0.6) is 5.75 Å². The topological polar surface area (TPSA) is 106 Å². The van der Waals surface area contributed by atoms with Gasteiger partial charge in [0.25, 0.3) is 5.91 Å². The van der Waals surface area contributed by atoms with E-state index in [1.165, 1.54) is 13.3 Å². The van der Waals surface area contributed by atoms with E-state index in [2.05, 4.69) is 31.6 Å². The number of aromatic nitrogens is 3. The Kier molecular flexibility index (Phi) is 4.53. The first kappa shape index (κ1) is 15.0. The van der Waals surface area contributed by atoms with E-state index in [1.807, 2.05) is 0 Å². The largest absolute Gasteiger partial charge is 0.497 e. The second-order valence-electron chi connectivity index (χ2n) is 4.03. The van der Waals surface area contributed by atoms with Crippen LogP contribution in [0.15, 0.2) is 28.9 Å². The van der Waals surface area contributed by atoms with Crippen molar-refractivity contribution < 1.29 is 19.4 Å². The molecule has 0 unspecified atom stereocenters. The molecule has 0 fully saturated rings. The van der Waals surface area contributed by atoms with Gasteiger partial charge in [-0.1, -0.05) is 21.1 Å². The molecule has 0 atom stereocenters. The monoisotopic (exact) mass is 354 g/mol. The molecule has 1 aromatic heterocycles. The second-order valence-corrected chi connectivity index (χ2v) is 4.94. The number of hydrogen-bond donors (Lipinski definition) is 2. The third kappa shape index (κ3) is 4.02. The molecule has 9 heteroatoms. The van der Waals surface area contributed by atoms with Gasteiger partial charge in [0.15, 0.2) is 5.69 Å². The first-order valence-corrected chi connectivity index (χ1v) is 6.55. The molecule has 1 aromatic carbocycles. The highest BCUT2D eigenvalue weighted by molar-refractivity contribution is 9.10. The Labute approximate surface area is 127 Å². The number of anilines is 1. The van der Waals surface area contributed by atoms with Gasteiger partial charge in [0, 0.05) is 16.2 Å². The van der Waals surface area contributed by atoms with Crippen LogP contribution in [0.4, 0.5) is 5.69 Å². The Morgan fingerprint density at radius 1 is 1.43 bits per heavy atom.